The molecule has 0 radical (unpaired) electrons. The third-order valence-corrected chi connectivity index (χ3v) is 11.8. The lowest BCUT2D eigenvalue weighted by Gasteiger charge is -2.25. The molecule has 9 heteroatoms. The molecule has 0 bridgehead atoms. The van der Waals surface area contributed by atoms with E-state index in [0.717, 1.165) is 44.9 Å². The molecule has 0 fully saturated rings. The van der Waals surface area contributed by atoms with Crippen molar-refractivity contribution in [3.63, 3.8) is 0 Å². The smallest absolute Gasteiger partial charge is 0.387 e. The molecule has 0 aromatic heterocycles. The van der Waals surface area contributed by atoms with E-state index in [4.69, 9.17) is 9.05 Å². The van der Waals surface area contributed by atoms with Gasteiger partial charge in [-0.25, -0.2) is 4.57 Å². The first-order valence-corrected chi connectivity index (χ1v) is 25.9. The summed E-state index contributed by atoms with van der Waals surface area (Å²) in [5, 5.41) is 13.8. The van der Waals surface area contributed by atoms with Gasteiger partial charge < -0.3 is 19.8 Å². The number of nitrogens with zero attached hydrogens (tertiary/aromatic N) is 1. The van der Waals surface area contributed by atoms with Crippen LogP contribution in [0.4, 0.5) is 0 Å². The minimum atomic E-state index is -4.34. The van der Waals surface area contributed by atoms with Crippen molar-refractivity contribution in [1.82, 2.24) is 5.32 Å². The van der Waals surface area contributed by atoms with Crippen molar-refractivity contribution in [2.75, 3.05) is 40.9 Å². The number of phosphoric acid groups is 1. The standard InChI is InChI=1S/C49H95N2O6P/c1-6-8-10-12-14-16-17-18-19-20-21-22-23-24-25-26-27-28-29-30-31-32-33-35-36-38-40-42-48(52)47(46-57-58(54,55)56-45-44-51(3,4)5)50-49(53)43-41-39-37-34-15-13-11-9-7-2/h29-30,33,35,40,42,47-48,52H,6-28,31-32,34,36-39,41,43-46H2,1-5H3,(H-,50,53,54,55)/p+1/b30-29+,35-33+,42-40+. The average molecular weight is 840 g/mol. The molecular formula is C49H96N2O6P+. The lowest BCUT2D eigenvalue weighted by atomic mass is 10.0. The molecule has 0 aliphatic heterocycles. The fourth-order valence-corrected chi connectivity index (χ4v) is 7.69. The van der Waals surface area contributed by atoms with Crippen LogP contribution in [0.15, 0.2) is 36.5 Å². The first-order chi connectivity index (χ1) is 28.0. The summed E-state index contributed by atoms with van der Waals surface area (Å²) < 4.78 is 23.5. The van der Waals surface area contributed by atoms with Gasteiger partial charge in [0.05, 0.1) is 39.9 Å². The summed E-state index contributed by atoms with van der Waals surface area (Å²) in [4.78, 5) is 23.0. The second-order valence-corrected chi connectivity index (χ2v) is 19.3. The number of nitrogens with one attached hydrogen (secondary N) is 1. The number of carbonyl (C=O) groups excluding carboxylic acids is 1. The Hall–Kier alpha value is -1.28. The van der Waals surface area contributed by atoms with Gasteiger partial charge in [-0.15, -0.1) is 0 Å². The molecule has 0 aromatic rings. The van der Waals surface area contributed by atoms with Crippen LogP contribution in [0, 0.1) is 0 Å². The quantitative estimate of drug-likeness (QED) is 0.0244. The predicted octanol–water partition coefficient (Wildman–Crippen LogP) is 13.9. The average Bonchev–Trinajstić information content (AvgIpc) is 3.17. The fourth-order valence-electron chi connectivity index (χ4n) is 6.96. The monoisotopic (exact) mass is 840 g/mol. The Kier molecular flexibility index (Phi) is 40.2. The Labute approximate surface area is 359 Å². The highest BCUT2D eigenvalue weighted by Gasteiger charge is 2.27. The number of unbranched alkanes of at least 4 members (excludes halogenated alkanes) is 27. The van der Waals surface area contributed by atoms with Gasteiger partial charge in [-0.3, -0.25) is 13.8 Å². The van der Waals surface area contributed by atoms with Crippen LogP contribution in [0.2, 0.25) is 0 Å². The largest absolute Gasteiger partial charge is 0.472 e. The van der Waals surface area contributed by atoms with Gasteiger partial charge in [0.2, 0.25) is 5.91 Å². The van der Waals surface area contributed by atoms with Gasteiger partial charge in [-0.05, 0) is 44.9 Å². The number of carbonyl (C=O) groups is 1. The maximum Gasteiger partial charge on any atom is 0.472 e. The molecule has 0 rings (SSSR count). The Morgan fingerprint density at radius 1 is 0.569 bits per heavy atom. The summed E-state index contributed by atoms with van der Waals surface area (Å²) in [7, 11) is 1.55. The van der Waals surface area contributed by atoms with Gasteiger partial charge >= 0.3 is 7.82 Å². The molecule has 58 heavy (non-hydrogen) atoms. The zero-order chi connectivity index (χ0) is 42.8. The number of aliphatic hydroxyl groups excluding tert-OH is 1. The van der Waals surface area contributed by atoms with Crippen molar-refractivity contribution < 1.29 is 32.9 Å². The molecule has 3 unspecified atom stereocenters. The van der Waals surface area contributed by atoms with Crippen molar-refractivity contribution >= 4 is 13.7 Å². The summed E-state index contributed by atoms with van der Waals surface area (Å²) in [6.07, 6.45) is 51.1. The summed E-state index contributed by atoms with van der Waals surface area (Å²) in [6.45, 7) is 4.77. The highest BCUT2D eigenvalue weighted by atomic mass is 31.2. The van der Waals surface area contributed by atoms with Crippen molar-refractivity contribution in [2.24, 2.45) is 0 Å². The molecule has 0 saturated carbocycles. The third kappa shape index (κ3) is 42.8. The van der Waals surface area contributed by atoms with E-state index in [1.165, 1.54) is 154 Å². The van der Waals surface area contributed by atoms with Crippen molar-refractivity contribution in [3.05, 3.63) is 36.5 Å². The molecule has 0 aliphatic rings. The Morgan fingerprint density at radius 3 is 1.38 bits per heavy atom. The Bertz CT molecular complexity index is 1040. The zero-order valence-electron chi connectivity index (χ0n) is 38.8. The van der Waals surface area contributed by atoms with Crippen molar-refractivity contribution in [2.45, 2.75) is 231 Å². The van der Waals surface area contributed by atoms with E-state index in [0.29, 0.717) is 17.4 Å². The van der Waals surface area contributed by atoms with E-state index in [2.05, 4.69) is 43.5 Å². The Balaban J connectivity index is 4.24. The molecule has 1 amide bonds. The number of amides is 1. The van der Waals surface area contributed by atoms with E-state index in [1.807, 2.05) is 27.2 Å². The molecule has 0 spiro atoms. The molecule has 3 atom stereocenters. The van der Waals surface area contributed by atoms with Crippen LogP contribution in [0.25, 0.3) is 0 Å². The molecule has 0 aromatic carbocycles. The molecule has 0 heterocycles. The normalized spacial score (nSPS) is 14.5. The number of phosphoric ester groups is 1. The van der Waals surface area contributed by atoms with E-state index in [9.17, 15) is 19.4 Å². The molecular weight excluding hydrogens is 744 g/mol. The van der Waals surface area contributed by atoms with Gasteiger partial charge in [0.15, 0.2) is 0 Å². The van der Waals surface area contributed by atoms with Crippen molar-refractivity contribution in [1.29, 1.82) is 0 Å². The number of rotatable bonds is 44. The lowest BCUT2D eigenvalue weighted by Crippen LogP contribution is -2.45. The maximum absolute atomic E-state index is 12.8. The fraction of sp³-hybridized carbons (Fsp3) is 0.857. The van der Waals surface area contributed by atoms with Crippen LogP contribution < -0.4 is 5.32 Å². The topological polar surface area (TPSA) is 105 Å². The summed E-state index contributed by atoms with van der Waals surface area (Å²) in [6, 6.07) is -0.865. The highest BCUT2D eigenvalue weighted by molar-refractivity contribution is 7.47. The van der Waals surface area contributed by atoms with Gasteiger partial charge in [-0.2, -0.15) is 0 Å². The number of hydrogen-bond acceptors (Lipinski definition) is 5. The minimum absolute atomic E-state index is 0.0543. The predicted molar refractivity (Wildman–Crippen MR) is 249 cm³/mol. The molecule has 0 aliphatic carbocycles. The summed E-state index contributed by atoms with van der Waals surface area (Å²) >= 11 is 0. The zero-order valence-corrected chi connectivity index (χ0v) is 39.7. The van der Waals surface area contributed by atoms with Crippen LogP contribution in [0.5, 0.6) is 0 Å². The van der Waals surface area contributed by atoms with Gasteiger partial charge in [0.1, 0.15) is 13.2 Å². The highest BCUT2D eigenvalue weighted by Crippen LogP contribution is 2.43. The minimum Gasteiger partial charge on any atom is -0.387 e. The summed E-state index contributed by atoms with van der Waals surface area (Å²) in [5.74, 6) is -0.195. The SMILES string of the molecule is CCCCCCCCCCCCCCCCCCC/C=C/CC/C=C/CC/C=C/C(O)C(COP(=O)(O)OCC[N+](C)(C)C)NC(=O)CCCCCCCCCCC. The van der Waals surface area contributed by atoms with Gasteiger partial charge in [-0.1, -0.05) is 204 Å². The van der Waals surface area contributed by atoms with E-state index >= 15 is 0 Å². The molecule has 8 nitrogen and oxygen atoms in total. The maximum atomic E-state index is 12.8. The second kappa shape index (κ2) is 41.1. The van der Waals surface area contributed by atoms with Crippen LogP contribution >= 0.6 is 7.82 Å². The third-order valence-electron chi connectivity index (χ3n) is 10.8. The Morgan fingerprint density at radius 2 is 0.948 bits per heavy atom. The second-order valence-electron chi connectivity index (χ2n) is 17.8. The van der Waals surface area contributed by atoms with E-state index in [1.54, 1.807) is 6.08 Å². The molecule has 3 N–H and O–H groups in total. The number of hydrogen-bond donors (Lipinski definition) is 3. The van der Waals surface area contributed by atoms with Crippen molar-refractivity contribution in [3.8, 4) is 0 Å². The first kappa shape index (κ1) is 56.7. The molecule has 342 valence electrons. The van der Waals surface area contributed by atoms with E-state index in [-0.39, 0.29) is 19.1 Å². The van der Waals surface area contributed by atoms with Crippen LogP contribution in [-0.4, -0.2) is 73.4 Å². The number of allylic oxidation sites excluding steroid dienone is 5. The van der Waals surface area contributed by atoms with Gasteiger partial charge in [0.25, 0.3) is 0 Å². The molecule has 0 saturated heterocycles. The van der Waals surface area contributed by atoms with Crippen LogP contribution in [0.1, 0.15) is 219 Å². The summed E-state index contributed by atoms with van der Waals surface area (Å²) in [5.41, 5.74) is 0. The van der Waals surface area contributed by atoms with Crippen LogP contribution in [-0.2, 0) is 18.4 Å². The first-order valence-electron chi connectivity index (χ1n) is 24.4. The number of quaternary nitrogens is 1. The van der Waals surface area contributed by atoms with Gasteiger partial charge in [0, 0.05) is 6.42 Å². The number of aliphatic hydroxyl groups is 1. The number of likely N-dealkylation sites (N-methyl/N-ethyl adjacent to an activating group) is 1. The lowest BCUT2D eigenvalue weighted by molar-refractivity contribution is -0.870. The van der Waals surface area contributed by atoms with E-state index < -0.39 is 20.0 Å². The van der Waals surface area contributed by atoms with Crippen LogP contribution in [0.3, 0.4) is 0 Å².